The molecule has 0 fully saturated rings. The van der Waals surface area contributed by atoms with Gasteiger partial charge in [-0.2, -0.15) is 0 Å². The predicted molar refractivity (Wildman–Crippen MR) is 81.2 cm³/mol. The summed E-state index contributed by atoms with van der Waals surface area (Å²) < 4.78 is 11.2. The third kappa shape index (κ3) is 3.31. The second-order valence-electron chi connectivity index (χ2n) is 5.07. The Morgan fingerprint density at radius 1 is 1.14 bits per heavy atom. The van der Waals surface area contributed by atoms with Crippen molar-refractivity contribution in [2.24, 2.45) is 0 Å². The SMILES string of the molecule is O=C(NCCc1ccc(O)cc1)C1COc2ccccc2O1. The Morgan fingerprint density at radius 2 is 1.86 bits per heavy atom. The van der Waals surface area contributed by atoms with Gasteiger partial charge >= 0.3 is 0 Å². The zero-order chi connectivity index (χ0) is 15.4. The monoisotopic (exact) mass is 299 g/mol. The Bertz CT molecular complexity index is 654. The van der Waals surface area contributed by atoms with Crippen LogP contribution >= 0.6 is 0 Å². The molecule has 1 aliphatic heterocycles. The molecule has 0 saturated carbocycles. The van der Waals surface area contributed by atoms with Gasteiger partial charge in [0.1, 0.15) is 12.4 Å². The number of hydrogen-bond donors (Lipinski definition) is 2. The van der Waals surface area contributed by atoms with Crippen LogP contribution in [0.1, 0.15) is 5.56 Å². The van der Waals surface area contributed by atoms with E-state index in [0.29, 0.717) is 24.5 Å². The first-order valence-electron chi connectivity index (χ1n) is 7.16. The lowest BCUT2D eigenvalue weighted by Gasteiger charge is -2.25. The van der Waals surface area contributed by atoms with Gasteiger partial charge in [0.2, 0.25) is 6.10 Å². The lowest BCUT2D eigenvalue weighted by atomic mass is 10.1. The first kappa shape index (κ1) is 14.3. The number of hydrogen-bond acceptors (Lipinski definition) is 4. The summed E-state index contributed by atoms with van der Waals surface area (Å²) in [5.74, 6) is 1.30. The fraction of sp³-hybridized carbons (Fsp3) is 0.235. The number of para-hydroxylation sites is 2. The van der Waals surface area contributed by atoms with E-state index in [-0.39, 0.29) is 18.3 Å². The quantitative estimate of drug-likeness (QED) is 0.904. The van der Waals surface area contributed by atoms with Gasteiger partial charge in [-0.3, -0.25) is 4.79 Å². The van der Waals surface area contributed by atoms with Crippen LogP contribution in [0.4, 0.5) is 0 Å². The van der Waals surface area contributed by atoms with Crippen molar-refractivity contribution in [3.8, 4) is 17.2 Å². The highest BCUT2D eigenvalue weighted by atomic mass is 16.6. The van der Waals surface area contributed by atoms with E-state index in [1.165, 1.54) is 0 Å². The number of nitrogens with one attached hydrogen (secondary N) is 1. The number of phenols is 1. The van der Waals surface area contributed by atoms with Crippen molar-refractivity contribution < 1.29 is 19.4 Å². The molecule has 0 radical (unpaired) electrons. The number of rotatable bonds is 4. The summed E-state index contributed by atoms with van der Waals surface area (Å²) in [6.45, 7) is 0.715. The highest BCUT2D eigenvalue weighted by Crippen LogP contribution is 2.30. The van der Waals surface area contributed by atoms with Crippen molar-refractivity contribution in [3.05, 3.63) is 54.1 Å². The fourth-order valence-corrected chi connectivity index (χ4v) is 2.26. The standard InChI is InChI=1S/C17H17NO4/c19-13-7-5-12(6-8-13)9-10-18-17(20)16-11-21-14-3-1-2-4-15(14)22-16/h1-8,16,19H,9-11H2,(H,18,20). The fourth-order valence-electron chi connectivity index (χ4n) is 2.26. The van der Waals surface area contributed by atoms with E-state index in [4.69, 9.17) is 9.47 Å². The summed E-state index contributed by atoms with van der Waals surface area (Å²) in [6, 6.07) is 14.2. The third-order valence-electron chi connectivity index (χ3n) is 3.45. The van der Waals surface area contributed by atoms with Crippen LogP contribution in [-0.2, 0) is 11.2 Å². The molecule has 1 amide bonds. The Morgan fingerprint density at radius 3 is 2.64 bits per heavy atom. The molecule has 0 aromatic heterocycles. The van der Waals surface area contributed by atoms with Crippen LogP contribution in [0.2, 0.25) is 0 Å². The maximum atomic E-state index is 12.1. The Balaban J connectivity index is 1.50. The number of ether oxygens (including phenoxy) is 2. The zero-order valence-corrected chi connectivity index (χ0v) is 12.0. The van der Waals surface area contributed by atoms with Gasteiger partial charge in [-0.25, -0.2) is 0 Å². The molecular weight excluding hydrogens is 282 g/mol. The van der Waals surface area contributed by atoms with E-state index >= 15 is 0 Å². The summed E-state index contributed by atoms with van der Waals surface area (Å²) in [7, 11) is 0. The minimum absolute atomic E-state index is 0.187. The number of aromatic hydroxyl groups is 1. The maximum absolute atomic E-state index is 12.1. The lowest BCUT2D eigenvalue weighted by Crippen LogP contribution is -2.44. The summed E-state index contributed by atoms with van der Waals surface area (Å²) in [6.07, 6.45) is 0.0608. The van der Waals surface area contributed by atoms with Gasteiger partial charge in [-0.05, 0) is 36.2 Å². The zero-order valence-electron chi connectivity index (χ0n) is 12.0. The van der Waals surface area contributed by atoms with Crippen LogP contribution in [0.25, 0.3) is 0 Å². The van der Waals surface area contributed by atoms with E-state index in [1.54, 1.807) is 18.2 Å². The van der Waals surface area contributed by atoms with Crippen molar-refractivity contribution in [1.82, 2.24) is 5.32 Å². The molecule has 1 unspecified atom stereocenters. The second kappa shape index (κ2) is 6.39. The molecule has 0 bridgehead atoms. The molecule has 1 atom stereocenters. The van der Waals surface area contributed by atoms with Crippen molar-refractivity contribution in [1.29, 1.82) is 0 Å². The second-order valence-corrected chi connectivity index (χ2v) is 5.07. The van der Waals surface area contributed by atoms with E-state index in [0.717, 1.165) is 5.56 Å². The van der Waals surface area contributed by atoms with E-state index in [9.17, 15) is 9.90 Å². The summed E-state index contributed by atoms with van der Waals surface area (Å²) in [5, 5.41) is 12.1. The summed E-state index contributed by atoms with van der Waals surface area (Å²) >= 11 is 0. The van der Waals surface area contributed by atoms with E-state index < -0.39 is 6.10 Å². The van der Waals surface area contributed by atoms with Crippen LogP contribution in [0.15, 0.2) is 48.5 Å². The van der Waals surface area contributed by atoms with Gasteiger partial charge in [0.15, 0.2) is 11.5 Å². The minimum Gasteiger partial charge on any atom is -0.508 e. The molecular formula is C17H17NO4. The number of benzene rings is 2. The van der Waals surface area contributed by atoms with E-state index in [1.807, 2.05) is 30.3 Å². The van der Waals surface area contributed by atoms with Gasteiger partial charge in [-0.15, -0.1) is 0 Å². The number of phenolic OH excluding ortho intramolecular Hbond substituents is 1. The third-order valence-corrected chi connectivity index (χ3v) is 3.45. The molecule has 5 heteroatoms. The van der Waals surface area contributed by atoms with Crippen LogP contribution < -0.4 is 14.8 Å². The molecule has 0 spiro atoms. The normalized spacial score (nSPS) is 16.1. The molecule has 2 aromatic carbocycles. The van der Waals surface area contributed by atoms with Crippen molar-refractivity contribution in [2.75, 3.05) is 13.2 Å². The Kier molecular flexibility index (Phi) is 4.14. The van der Waals surface area contributed by atoms with E-state index in [2.05, 4.69) is 5.32 Å². The Labute approximate surface area is 128 Å². The first-order valence-corrected chi connectivity index (χ1v) is 7.16. The van der Waals surface area contributed by atoms with Crippen LogP contribution in [0, 0.1) is 0 Å². The van der Waals surface area contributed by atoms with Crippen molar-refractivity contribution in [2.45, 2.75) is 12.5 Å². The minimum atomic E-state index is -0.630. The van der Waals surface area contributed by atoms with Crippen LogP contribution in [0.3, 0.4) is 0 Å². The Hall–Kier alpha value is -2.69. The van der Waals surface area contributed by atoms with Gasteiger partial charge < -0.3 is 19.9 Å². The molecule has 5 nitrogen and oxygen atoms in total. The molecule has 2 aromatic rings. The highest BCUT2D eigenvalue weighted by molar-refractivity contribution is 5.81. The maximum Gasteiger partial charge on any atom is 0.264 e. The van der Waals surface area contributed by atoms with Gasteiger partial charge in [0.05, 0.1) is 0 Å². The lowest BCUT2D eigenvalue weighted by molar-refractivity contribution is -0.130. The topological polar surface area (TPSA) is 67.8 Å². The van der Waals surface area contributed by atoms with Crippen molar-refractivity contribution >= 4 is 5.91 Å². The number of carbonyl (C=O) groups excluding carboxylic acids is 1. The summed E-state index contributed by atoms with van der Waals surface area (Å²) in [4.78, 5) is 12.1. The van der Waals surface area contributed by atoms with Crippen molar-refractivity contribution in [3.63, 3.8) is 0 Å². The molecule has 22 heavy (non-hydrogen) atoms. The van der Waals surface area contributed by atoms with Gasteiger partial charge in [0.25, 0.3) is 5.91 Å². The smallest absolute Gasteiger partial charge is 0.264 e. The molecule has 3 rings (SSSR count). The average molecular weight is 299 g/mol. The summed E-state index contributed by atoms with van der Waals surface area (Å²) in [5.41, 5.74) is 1.05. The van der Waals surface area contributed by atoms with Crippen LogP contribution in [-0.4, -0.2) is 30.3 Å². The first-order chi connectivity index (χ1) is 10.7. The number of amides is 1. The molecule has 1 aliphatic rings. The largest absolute Gasteiger partial charge is 0.508 e. The highest BCUT2D eigenvalue weighted by Gasteiger charge is 2.26. The molecule has 2 N–H and O–H groups in total. The number of carbonyl (C=O) groups is 1. The predicted octanol–water partition coefficient (Wildman–Crippen LogP) is 1.89. The molecule has 0 aliphatic carbocycles. The van der Waals surface area contributed by atoms with Gasteiger partial charge in [0, 0.05) is 6.54 Å². The molecule has 1 heterocycles. The molecule has 114 valence electrons. The number of fused-ring (bicyclic) bond motifs is 1. The van der Waals surface area contributed by atoms with Crippen LogP contribution in [0.5, 0.6) is 17.2 Å². The van der Waals surface area contributed by atoms with Gasteiger partial charge in [-0.1, -0.05) is 24.3 Å². The average Bonchev–Trinajstić information content (AvgIpc) is 2.56. The molecule has 0 saturated heterocycles.